The van der Waals surface area contributed by atoms with E-state index in [1.807, 2.05) is 31.2 Å². The van der Waals surface area contributed by atoms with Crippen LogP contribution in [0.3, 0.4) is 0 Å². The van der Waals surface area contributed by atoms with E-state index in [9.17, 15) is 13.2 Å². The summed E-state index contributed by atoms with van der Waals surface area (Å²) in [6.07, 6.45) is 3.50. The molecule has 1 N–H and O–H groups in total. The molecule has 0 aliphatic carbocycles. The first-order chi connectivity index (χ1) is 13.9. The van der Waals surface area contributed by atoms with Crippen LogP contribution in [0.4, 0.5) is 5.88 Å². The third-order valence-corrected chi connectivity index (χ3v) is 7.34. The van der Waals surface area contributed by atoms with Gasteiger partial charge in [0.25, 0.3) is 0 Å². The largest absolute Gasteiger partial charge is 0.338 e. The molecule has 0 saturated carbocycles. The fourth-order valence-electron chi connectivity index (χ4n) is 3.46. The van der Waals surface area contributed by atoms with Crippen molar-refractivity contribution in [3.63, 3.8) is 0 Å². The molecule has 2 aromatic rings. The highest BCUT2D eigenvalue weighted by atomic mass is 32.2. The summed E-state index contributed by atoms with van der Waals surface area (Å²) >= 11 is 0. The standard InChI is InChI=1S/C21H29N3O4S/c1-3-5-14-29(26,27)24-12-10-18(11-13-24)21(25)22-20-15-19(23-28-20)17-8-6-16(4-2)7-9-17/h6-9,15,18H,3-5,10-14H2,1-2H3,(H,22,25). The van der Waals surface area contributed by atoms with Gasteiger partial charge >= 0.3 is 0 Å². The smallest absolute Gasteiger partial charge is 0.231 e. The average molecular weight is 420 g/mol. The predicted octanol–water partition coefficient (Wildman–Crippen LogP) is 3.68. The van der Waals surface area contributed by atoms with Crippen LogP contribution in [0.2, 0.25) is 0 Å². The molecule has 2 heterocycles. The van der Waals surface area contributed by atoms with Crippen LogP contribution in [0, 0.1) is 5.92 Å². The molecule has 8 heteroatoms. The van der Waals surface area contributed by atoms with Crippen molar-refractivity contribution in [3.05, 3.63) is 35.9 Å². The molecule has 1 aliphatic heterocycles. The third kappa shape index (κ3) is 5.45. The van der Waals surface area contributed by atoms with Crippen molar-refractivity contribution in [2.45, 2.75) is 46.0 Å². The number of benzene rings is 1. The van der Waals surface area contributed by atoms with Gasteiger partial charge in [0.1, 0.15) is 5.69 Å². The van der Waals surface area contributed by atoms with Gasteiger partial charge in [-0.2, -0.15) is 0 Å². The van der Waals surface area contributed by atoms with E-state index >= 15 is 0 Å². The zero-order chi connectivity index (χ0) is 20.9. The molecule has 7 nitrogen and oxygen atoms in total. The summed E-state index contributed by atoms with van der Waals surface area (Å²) in [6, 6.07) is 9.77. The second-order valence-corrected chi connectivity index (χ2v) is 9.55. The molecule has 0 bridgehead atoms. The van der Waals surface area contributed by atoms with Crippen LogP contribution in [-0.4, -0.2) is 42.6 Å². The third-order valence-electron chi connectivity index (χ3n) is 5.39. The summed E-state index contributed by atoms with van der Waals surface area (Å²) in [5.74, 6) is 0.104. The van der Waals surface area contributed by atoms with Crippen molar-refractivity contribution in [1.82, 2.24) is 9.46 Å². The lowest BCUT2D eigenvalue weighted by atomic mass is 9.97. The SMILES string of the molecule is CCCCS(=O)(=O)N1CCC(C(=O)Nc2cc(-c3ccc(CC)cc3)no2)CC1. The normalized spacial score (nSPS) is 16.1. The minimum atomic E-state index is -3.21. The zero-order valence-corrected chi connectivity index (χ0v) is 17.9. The number of carbonyl (C=O) groups is 1. The number of unbranched alkanes of at least 4 members (excludes halogenated alkanes) is 1. The maximum atomic E-state index is 12.6. The van der Waals surface area contributed by atoms with E-state index in [-0.39, 0.29) is 17.6 Å². The van der Waals surface area contributed by atoms with Gasteiger partial charge in [0.05, 0.1) is 5.75 Å². The highest BCUT2D eigenvalue weighted by Crippen LogP contribution is 2.25. The minimum absolute atomic E-state index is 0.153. The monoisotopic (exact) mass is 419 g/mol. The van der Waals surface area contributed by atoms with Crippen LogP contribution in [0.1, 0.15) is 45.1 Å². The van der Waals surface area contributed by atoms with Crippen LogP contribution in [0.5, 0.6) is 0 Å². The van der Waals surface area contributed by atoms with Crippen molar-refractivity contribution >= 4 is 21.8 Å². The molecular weight excluding hydrogens is 390 g/mol. The molecule has 0 radical (unpaired) electrons. The van der Waals surface area contributed by atoms with Crippen molar-refractivity contribution in [3.8, 4) is 11.3 Å². The number of nitrogens with one attached hydrogen (secondary N) is 1. The number of aryl methyl sites for hydroxylation is 1. The predicted molar refractivity (Wildman–Crippen MR) is 113 cm³/mol. The van der Waals surface area contributed by atoms with Crippen LogP contribution < -0.4 is 5.32 Å². The Morgan fingerprint density at radius 1 is 1.21 bits per heavy atom. The number of nitrogens with zero attached hydrogens (tertiary/aromatic N) is 2. The number of anilines is 1. The Labute approximate surface area is 172 Å². The van der Waals surface area contributed by atoms with Gasteiger partial charge in [0.2, 0.25) is 21.8 Å². The van der Waals surface area contributed by atoms with E-state index in [1.165, 1.54) is 9.87 Å². The summed E-state index contributed by atoms with van der Waals surface area (Å²) in [6.45, 7) is 4.84. The first-order valence-corrected chi connectivity index (χ1v) is 11.9. The maximum Gasteiger partial charge on any atom is 0.231 e. The lowest BCUT2D eigenvalue weighted by molar-refractivity contribution is -0.121. The summed E-state index contributed by atoms with van der Waals surface area (Å²) in [5, 5.41) is 6.81. The quantitative estimate of drug-likeness (QED) is 0.704. The lowest BCUT2D eigenvalue weighted by Gasteiger charge is -2.30. The summed E-state index contributed by atoms with van der Waals surface area (Å²) in [5.41, 5.74) is 2.84. The first kappa shape index (κ1) is 21.5. The molecule has 3 rings (SSSR count). The van der Waals surface area contributed by atoms with E-state index in [2.05, 4.69) is 17.4 Å². The Morgan fingerprint density at radius 2 is 1.90 bits per heavy atom. The maximum absolute atomic E-state index is 12.6. The molecule has 1 amide bonds. The zero-order valence-electron chi connectivity index (χ0n) is 17.1. The number of piperidine rings is 1. The highest BCUT2D eigenvalue weighted by molar-refractivity contribution is 7.89. The number of aromatic nitrogens is 1. The molecule has 1 aromatic carbocycles. The van der Waals surface area contributed by atoms with Gasteiger partial charge < -0.3 is 4.52 Å². The highest BCUT2D eigenvalue weighted by Gasteiger charge is 2.31. The van der Waals surface area contributed by atoms with E-state index in [0.29, 0.717) is 43.9 Å². The van der Waals surface area contributed by atoms with Gasteiger partial charge in [-0.1, -0.05) is 49.7 Å². The number of rotatable bonds is 8. The molecule has 29 heavy (non-hydrogen) atoms. The van der Waals surface area contributed by atoms with Crippen molar-refractivity contribution in [1.29, 1.82) is 0 Å². The summed E-state index contributed by atoms with van der Waals surface area (Å²) in [7, 11) is -3.21. The Bertz CT molecular complexity index is 914. The number of hydrogen-bond acceptors (Lipinski definition) is 5. The Morgan fingerprint density at radius 3 is 2.52 bits per heavy atom. The van der Waals surface area contributed by atoms with Gasteiger partial charge in [0, 0.05) is 30.6 Å². The topological polar surface area (TPSA) is 92.5 Å². The van der Waals surface area contributed by atoms with E-state index in [4.69, 9.17) is 4.52 Å². The number of carbonyl (C=O) groups excluding carboxylic acids is 1. The fraction of sp³-hybridized carbons (Fsp3) is 0.524. The van der Waals surface area contributed by atoms with E-state index in [0.717, 1.165) is 18.4 Å². The average Bonchev–Trinajstić information content (AvgIpc) is 3.21. The van der Waals surface area contributed by atoms with E-state index < -0.39 is 10.0 Å². The van der Waals surface area contributed by atoms with Crippen LogP contribution in [0.15, 0.2) is 34.9 Å². The lowest BCUT2D eigenvalue weighted by Crippen LogP contribution is -2.42. The van der Waals surface area contributed by atoms with Gasteiger partial charge in [-0.3, -0.25) is 10.1 Å². The number of amides is 1. The van der Waals surface area contributed by atoms with Crippen LogP contribution in [0.25, 0.3) is 11.3 Å². The second-order valence-electron chi connectivity index (χ2n) is 7.46. The summed E-state index contributed by atoms with van der Waals surface area (Å²) in [4.78, 5) is 12.6. The second kappa shape index (κ2) is 9.54. The number of sulfonamides is 1. The van der Waals surface area contributed by atoms with Gasteiger partial charge in [-0.15, -0.1) is 0 Å². The van der Waals surface area contributed by atoms with Crippen molar-refractivity contribution in [2.24, 2.45) is 5.92 Å². The Kier molecular flexibility index (Phi) is 7.08. The van der Waals surface area contributed by atoms with Gasteiger partial charge in [-0.05, 0) is 31.2 Å². The Hall–Kier alpha value is -2.19. The molecule has 0 spiro atoms. The first-order valence-electron chi connectivity index (χ1n) is 10.3. The van der Waals surface area contributed by atoms with Crippen LogP contribution in [-0.2, 0) is 21.2 Å². The van der Waals surface area contributed by atoms with Crippen molar-refractivity contribution in [2.75, 3.05) is 24.2 Å². The molecule has 1 aromatic heterocycles. The van der Waals surface area contributed by atoms with Crippen molar-refractivity contribution < 1.29 is 17.7 Å². The molecule has 1 fully saturated rings. The Balaban J connectivity index is 1.54. The van der Waals surface area contributed by atoms with Gasteiger partial charge in [0.15, 0.2) is 0 Å². The van der Waals surface area contributed by atoms with Crippen LogP contribution >= 0.6 is 0 Å². The van der Waals surface area contributed by atoms with Gasteiger partial charge in [-0.25, -0.2) is 12.7 Å². The molecule has 1 saturated heterocycles. The van der Waals surface area contributed by atoms with E-state index in [1.54, 1.807) is 6.07 Å². The summed E-state index contributed by atoms with van der Waals surface area (Å²) < 4.78 is 31.4. The molecule has 1 aliphatic rings. The molecule has 0 atom stereocenters. The minimum Gasteiger partial charge on any atom is -0.338 e. The fourth-order valence-corrected chi connectivity index (χ4v) is 5.14. The molecule has 0 unspecified atom stereocenters. The number of hydrogen-bond donors (Lipinski definition) is 1. The molecular formula is C21H29N3O4S. The molecule has 158 valence electrons.